The Bertz CT molecular complexity index is 786. The number of sulfonamides is 1. The summed E-state index contributed by atoms with van der Waals surface area (Å²) in [4.78, 5) is 16.0. The molecule has 0 unspecified atom stereocenters. The van der Waals surface area contributed by atoms with Gasteiger partial charge in [-0.15, -0.1) is 0 Å². The van der Waals surface area contributed by atoms with E-state index in [1.54, 1.807) is 18.2 Å². The zero-order valence-corrected chi connectivity index (χ0v) is 14.1. The predicted molar refractivity (Wildman–Crippen MR) is 90.0 cm³/mol. The van der Waals surface area contributed by atoms with Gasteiger partial charge in [0.25, 0.3) is 0 Å². The zero-order valence-electron chi connectivity index (χ0n) is 12.5. The first-order valence-electron chi connectivity index (χ1n) is 6.72. The first-order valence-corrected chi connectivity index (χ1v) is 9.43. The Hall–Kier alpha value is -1.87. The summed E-state index contributed by atoms with van der Waals surface area (Å²) < 4.78 is 25.6. The number of carbonyl (C=O) groups excluding carboxylic acids is 1. The number of rotatable bonds is 5. The van der Waals surface area contributed by atoms with Crippen LogP contribution >= 0.6 is 11.3 Å². The van der Waals surface area contributed by atoms with Crippen molar-refractivity contribution in [2.75, 3.05) is 16.3 Å². The van der Waals surface area contributed by atoms with Crippen LogP contribution in [0.25, 0.3) is 10.2 Å². The van der Waals surface area contributed by atoms with Crippen molar-refractivity contribution in [2.45, 2.75) is 26.3 Å². The topological polar surface area (TPSA) is 100 Å². The van der Waals surface area contributed by atoms with Crippen molar-refractivity contribution in [3.8, 4) is 0 Å². The quantitative estimate of drug-likeness (QED) is 0.777. The standard InChI is InChI=1S/C13H18N4O3S2/c1-4-8(2)14-12(18)15-9-5-6-10-11(7-9)21-13(16-10)17-22(3,19)20/h5-8H,4H2,1-3H3,(H,16,17)(H2,14,15,18)/t8-/m1/s1. The Morgan fingerprint density at radius 1 is 1.41 bits per heavy atom. The van der Waals surface area contributed by atoms with Crippen LogP contribution in [0, 0.1) is 0 Å². The van der Waals surface area contributed by atoms with Gasteiger partial charge in [-0.2, -0.15) is 0 Å². The molecule has 0 spiro atoms. The van der Waals surface area contributed by atoms with Gasteiger partial charge in [0.1, 0.15) is 0 Å². The van der Waals surface area contributed by atoms with Crippen LogP contribution in [0.15, 0.2) is 18.2 Å². The lowest BCUT2D eigenvalue weighted by molar-refractivity contribution is 0.249. The van der Waals surface area contributed by atoms with Gasteiger partial charge in [0, 0.05) is 11.7 Å². The van der Waals surface area contributed by atoms with Gasteiger partial charge in [-0.1, -0.05) is 18.3 Å². The van der Waals surface area contributed by atoms with Crippen molar-refractivity contribution in [1.82, 2.24) is 10.3 Å². The van der Waals surface area contributed by atoms with Gasteiger partial charge in [0.2, 0.25) is 10.0 Å². The van der Waals surface area contributed by atoms with Gasteiger partial charge in [0.05, 0.1) is 16.5 Å². The van der Waals surface area contributed by atoms with Crippen molar-refractivity contribution in [3.63, 3.8) is 0 Å². The lowest BCUT2D eigenvalue weighted by Gasteiger charge is -2.12. The van der Waals surface area contributed by atoms with Gasteiger partial charge in [-0.25, -0.2) is 18.2 Å². The van der Waals surface area contributed by atoms with Crippen LogP contribution in [-0.2, 0) is 10.0 Å². The van der Waals surface area contributed by atoms with Gasteiger partial charge in [0.15, 0.2) is 5.13 Å². The molecule has 22 heavy (non-hydrogen) atoms. The molecule has 0 aliphatic rings. The molecule has 0 aliphatic heterocycles. The highest BCUT2D eigenvalue weighted by molar-refractivity contribution is 7.92. The van der Waals surface area contributed by atoms with Gasteiger partial charge >= 0.3 is 6.03 Å². The summed E-state index contributed by atoms with van der Waals surface area (Å²) in [6.07, 6.45) is 1.92. The molecule has 1 atom stereocenters. The molecule has 0 bridgehead atoms. The van der Waals surface area contributed by atoms with Crippen LogP contribution in [0.3, 0.4) is 0 Å². The van der Waals surface area contributed by atoms with Crippen LogP contribution in [0.4, 0.5) is 15.6 Å². The molecule has 1 aromatic carbocycles. The number of nitrogens with one attached hydrogen (secondary N) is 3. The summed E-state index contributed by atoms with van der Waals surface area (Å²) in [6, 6.07) is 5.04. The third-order valence-corrected chi connectivity index (χ3v) is 4.54. The minimum absolute atomic E-state index is 0.0951. The van der Waals surface area contributed by atoms with Crippen LogP contribution < -0.4 is 15.4 Å². The number of benzene rings is 1. The number of hydrogen-bond donors (Lipinski definition) is 3. The Balaban J connectivity index is 2.15. The van der Waals surface area contributed by atoms with E-state index >= 15 is 0 Å². The van der Waals surface area contributed by atoms with Crippen LogP contribution in [0.2, 0.25) is 0 Å². The number of fused-ring (bicyclic) bond motifs is 1. The third kappa shape index (κ3) is 4.57. The summed E-state index contributed by atoms with van der Waals surface area (Å²) in [5.74, 6) is 0. The number of hydrogen-bond acceptors (Lipinski definition) is 5. The Morgan fingerprint density at radius 3 is 2.77 bits per heavy atom. The minimum Gasteiger partial charge on any atom is -0.335 e. The smallest absolute Gasteiger partial charge is 0.319 e. The fourth-order valence-corrected chi connectivity index (χ4v) is 3.44. The molecule has 9 heteroatoms. The van der Waals surface area contributed by atoms with E-state index in [1.807, 2.05) is 13.8 Å². The number of thiazole rings is 1. The molecule has 0 saturated heterocycles. The molecule has 120 valence electrons. The number of urea groups is 1. The number of aromatic nitrogens is 1. The van der Waals surface area contributed by atoms with E-state index in [9.17, 15) is 13.2 Å². The van der Waals surface area contributed by atoms with Crippen molar-refractivity contribution in [2.24, 2.45) is 0 Å². The highest BCUT2D eigenvalue weighted by Crippen LogP contribution is 2.28. The first-order chi connectivity index (χ1) is 10.3. The van der Waals surface area contributed by atoms with Crippen molar-refractivity contribution >= 4 is 48.4 Å². The molecule has 1 heterocycles. The lowest BCUT2D eigenvalue weighted by atomic mass is 10.2. The molecule has 0 saturated carbocycles. The van der Waals surface area contributed by atoms with E-state index in [-0.39, 0.29) is 12.1 Å². The second-order valence-corrected chi connectivity index (χ2v) is 7.76. The van der Waals surface area contributed by atoms with Crippen molar-refractivity contribution < 1.29 is 13.2 Å². The second-order valence-electron chi connectivity index (χ2n) is 4.98. The average Bonchev–Trinajstić information content (AvgIpc) is 2.77. The Morgan fingerprint density at radius 2 is 2.14 bits per heavy atom. The second kappa shape index (κ2) is 6.49. The normalized spacial score (nSPS) is 12.9. The average molecular weight is 342 g/mol. The summed E-state index contributed by atoms with van der Waals surface area (Å²) in [6.45, 7) is 3.92. The van der Waals surface area contributed by atoms with E-state index in [0.717, 1.165) is 17.4 Å². The molecule has 0 aliphatic carbocycles. The minimum atomic E-state index is -3.35. The zero-order chi connectivity index (χ0) is 16.3. The van der Waals surface area contributed by atoms with E-state index in [4.69, 9.17) is 0 Å². The number of amides is 2. The summed E-state index contributed by atoms with van der Waals surface area (Å²) >= 11 is 1.21. The fourth-order valence-electron chi connectivity index (χ4n) is 1.70. The van der Waals surface area contributed by atoms with Crippen molar-refractivity contribution in [1.29, 1.82) is 0 Å². The predicted octanol–water partition coefficient (Wildman–Crippen LogP) is 2.59. The molecule has 1 aromatic heterocycles. The van der Waals surface area contributed by atoms with Crippen LogP contribution in [0.5, 0.6) is 0 Å². The first kappa shape index (κ1) is 16.5. The summed E-state index contributed by atoms with van der Waals surface area (Å²) in [7, 11) is -3.35. The van der Waals surface area contributed by atoms with E-state index in [1.165, 1.54) is 11.3 Å². The molecular weight excluding hydrogens is 324 g/mol. The monoisotopic (exact) mass is 342 g/mol. The van der Waals surface area contributed by atoms with Gasteiger partial charge < -0.3 is 10.6 Å². The molecule has 2 amide bonds. The maximum Gasteiger partial charge on any atom is 0.319 e. The molecular formula is C13H18N4O3S2. The summed E-state index contributed by atoms with van der Waals surface area (Å²) in [5, 5.41) is 5.86. The number of nitrogens with zero attached hydrogens (tertiary/aromatic N) is 1. The number of anilines is 2. The highest BCUT2D eigenvalue weighted by Gasteiger charge is 2.10. The van der Waals surface area contributed by atoms with E-state index < -0.39 is 10.0 Å². The third-order valence-electron chi connectivity index (χ3n) is 2.91. The largest absolute Gasteiger partial charge is 0.335 e. The SMILES string of the molecule is CC[C@@H](C)NC(=O)Nc1ccc2nc(NS(C)(=O)=O)sc2c1. The van der Waals surface area contributed by atoms with Gasteiger partial charge in [-0.05, 0) is 31.5 Å². The lowest BCUT2D eigenvalue weighted by Crippen LogP contribution is -2.35. The molecule has 2 aromatic rings. The maximum absolute atomic E-state index is 11.8. The van der Waals surface area contributed by atoms with Crippen LogP contribution in [0.1, 0.15) is 20.3 Å². The van der Waals surface area contributed by atoms with Crippen LogP contribution in [-0.4, -0.2) is 31.7 Å². The van der Waals surface area contributed by atoms with Gasteiger partial charge in [-0.3, -0.25) is 4.72 Å². The Kier molecular flexibility index (Phi) is 4.87. The molecule has 7 nitrogen and oxygen atoms in total. The fraction of sp³-hybridized carbons (Fsp3) is 0.385. The molecule has 0 radical (unpaired) electrons. The van der Waals surface area contributed by atoms with E-state index in [2.05, 4.69) is 20.3 Å². The molecule has 2 rings (SSSR count). The maximum atomic E-state index is 11.8. The molecule has 0 fully saturated rings. The number of carbonyl (C=O) groups is 1. The van der Waals surface area contributed by atoms with E-state index in [0.29, 0.717) is 16.3 Å². The molecule has 3 N–H and O–H groups in total. The van der Waals surface area contributed by atoms with Crippen molar-refractivity contribution in [3.05, 3.63) is 18.2 Å². The highest BCUT2D eigenvalue weighted by atomic mass is 32.2. The Labute approximate surface area is 133 Å². The summed E-state index contributed by atoms with van der Waals surface area (Å²) in [5.41, 5.74) is 1.30.